The minimum Gasteiger partial charge on any atom is -0.253 e. The molecular formula is C12H12Cl3N. The molecule has 1 aromatic carbocycles. The van der Waals surface area contributed by atoms with E-state index in [9.17, 15) is 0 Å². The Hall–Kier alpha value is -0.500. The first-order valence-electron chi connectivity index (χ1n) is 4.83. The van der Waals surface area contributed by atoms with E-state index in [2.05, 4.69) is 4.98 Å². The predicted molar refractivity (Wildman–Crippen MR) is 73.2 cm³/mol. The van der Waals surface area contributed by atoms with Crippen LogP contribution in [0.4, 0.5) is 0 Å². The number of hydrogen-bond acceptors (Lipinski definition) is 1. The van der Waals surface area contributed by atoms with Crippen LogP contribution in [0.15, 0.2) is 24.3 Å². The van der Waals surface area contributed by atoms with Gasteiger partial charge in [0, 0.05) is 17.0 Å². The fourth-order valence-electron chi connectivity index (χ4n) is 1.71. The topological polar surface area (TPSA) is 12.9 Å². The summed E-state index contributed by atoms with van der Waals surface area (Å²) in [4.78, 5) is 4.51. The maximum absolute atomic E-state index is 6.33. The monoisotopic (exact) mass is 275 g/mol. The molecule has 4 heteroatoms. The lowest BCUT2D eigenvalue weighted by molar-refractivity contribution is 1.07. The molecule has 0 saturated heterocycles. The third-order valence-corrected chi connectivity index (χ3v) is 3.10. The van der Waals surface area contributed by atoms with Gasteiger partial charge in [-0.1, -0.05) is 29.8 Å². The molecule has 2 aromatic rings. The van der Waals surface area contributed by atoms with Gasteiger partial charge in [0.1, 0.15) is 0 Å². The van der Waals surface area contributed by atoms with Gasteiger partial charge >= 0.3 is 0 Å². The average Bonchev–Trinajstić information content (AvgIpc) is 2.24. The van der Waals surface area contributed by atoms with Gasteiger partial charge in [0.05, 0.1) is 10.5 Å². The second-order valence-electron chi connectivity index (χ2n) is 3.45. The van der Waals surface area contributed by atoms with E-state index in [4.69, 9.17) is 23.2 Å². The molecule has 1 nitrogen and oxygen atoms in total. The lowest BCUT2D eigenvalue weighted by Gasteiger charge is -2.09. The van der Waals surface area contributed by atoms with Crippen molar-refractivity contribution in [1.82, 2.24) is 4.98 Å². The van der Waals surface area contributed by atoms with Gasteiger partial charge < -0.3 is 0 Å². The molecule has 0 spiro atoms. The van der Waals surface area contributed by atoms with Crippen LogP contribution in [0.25, 0.3) is 10.9 Å². The molecule has 0 aliphatic carbocycles. The van der Waals surface area contributed by atoms with E-state index in [1.807, 2.05) is 31.2 Å². The Morgan fingerprint density at radius 1 is 1.25 bits per heavy atom. The van der Waals surface area contributed by atoms with E-state index >= 15 is 0 Å². The number of nitrogens with zero attached hydrogens (tertiary/aromatic N) is 1. The minimum absolute atomic E-state index is 0. The van der Waals surface area contributed by atoms with Gasteiger partial charge in [0.15, 0.2) is 0 Å². The summed E-state index contributed by atoms with van der Waals surface area (Å²) >= 11 is 12.1. The van der Waals surface area contributed by atoms with Crippen molar-refractivity contribution < 1.29 is 0 Å². The van der Waals surface area contributed by atoms with Gasteiger partial charge in [-0.2, -0.15) is 0 Å². The summed E-state index contributed by atoms with van der Waals surface area (Å²) in [5.74, 6) is 0.570. The molecule has 0 N–H and O–H groups in total. The number of halogens is 3. The first kappa shape index (κ1) is 13.6. The predicted octanol–water partition coefficient (Wildman–Crippen LogP) is 4.40. The van der Waals surface area contributed by atoms with Gasteiger partial charge in [0.2, 0.25) is 0 Å². The van der Waals surface area contributed by atoms with Gasteiger partial charge in [-0.05, 0) is 25.0 Å². The molecular weight excluding hydrogens is 264 g/mol. The summed E-state index contributed by atoms with van der Waals surface area (Å²) in [6.07, 6.45) is 0.768. The molecule has 0 aliphatic heterocycles. The molecule has 0 radical (unpaired) electrons. The van der Waals surface area contributed by atoms with E-state index in [0.717, 1.165) is 33.6 Å². The Kier molecular flexibility index (Phi) is 4.85. The molecule has 0 unspecified atom stereocenters. The minimum atomic E-state index is 0. The smallest absolute Gasteiger partial charge is 0.0720 e. The summed E-state index contributed by atoms with van der Waals surface area (Å²) in [5.41, 5.74) is 2.98. The van der Waals surface area contributed by atoms with Crippen molar-refractivity contribution in [2.45, 2.75) is 13.3 Å². The summed E-state index contributed by atoms with van der Waals surface area (Å²) in [6.45, 7) is 1.97. The van der Waals surface area contributed by atoms with E-state index in [-0.39, 0.29) is 12.4 Å². The molecule has 16 heavy (non-hydrogen) atoms. The lowest BCUT2D eigenvalue weighted by atomic mass is 10.1. The fraction of sp³-hybridized carbons (Fsp3) is 0.250. The SMILES string of the molecule is Cc1nc2ccccc2c(Cl)c1CCCl.Cl. The molecule has 1 aromatic heterocycles. The number of benzene rings is 1. The molecule has 1 heterocycles. The average molecular weight is 277 g/mol. The molecule has 2 rings (SSSR count). The summed E-state index contributed by atoms with van der Waals surface area (Å²) < 4.78 is 0. The van der Waals surface area contributed by atoms with E-state index in [1.54, 1.807) is 0 Å². The highest BCUT2D eigenvalue weighted by molar-refractivity contribution is 6.36. The third-order valence-electron chi connectivity index (χ3n) is 2.47. The van der Waals surface area contributed by atoms with E-state index in [0.29, 0.717) is 5.88 Å². The van der Waals surface area contributed by atoms with E-state index < -0.39 is 0 Å². The molecule has 0 bridgehead atoms. The van der Waals surface area contributed by atoms with Crippen LogP contribution in [0, 0.1) is 6.92 Å². The van der Waals surface area contributed by atoms with Crippen LogP contribution in [-0.2, 0) is 6.42 Å². The third kappa shape index (κ3) is 2.42. The molecule has 86 valence electrons. The van der Waals surface area contributed by atoms with Crippen molar-refractivity contribution in [1.29, 1.82) is 0 Å². The van der Waals surface area contributed by atoms with Crippen molar-refractivity contribution in [3.05, 3.63) is 40.5 Å². The Balaban J connectivity index is 0.00000128. The Labute approximate surface area is 111 Å². The second-order valence-corrected chi connectivity index (χ2v) is 4.20. The van der Waals surface area contributed by atoms with E-state index in [1.165, 1.54) is 0 Å². The first-order chi connectivity index (χ1) is 7.24. The van der Waals surface area contributed by atoms with Crippen LogP contribution in [0.2, 0.25) is 5.02 Å². The Bertz CT molecular complexity index is 497. The summed E-state index contributed by atoms with van der Waals surface area (Å²) in [6, 6.07) is 7.89. The zero-order valence-electron chi connectivity index (χ0n) is 8.84. The van der Waals surface area contributed by atoms with Crippen molar-refractivity contribution in [2.75, 3.05) is 5.88 Å². The number of hydrogen-bond donors (Lipinski definition) is 0. The van der Waals surface area contributed by atoms with Crippen molar-refractivity contribution in [2.24, 2.45) is 0 Å². The molecule has 0 amide bonds. The highest BCUT2D eigenvalue weighted by Crippen LogP contribution is 2.28. The van der Waals surface area contributed by atoms with Crippen LogP contribution in [0.5, 0.6) is 0 Å². The Morgan fingerprint density at radius 3 is 2.62 bits per heavy atom. The number of aromatic nitrogens is 1. The zero-order valence-corrected chi connectivity index (χ0v) is 11.2. The van der Waals surface area contributed by atoms with Gasteiger partial charge in [-0.15, -0.1) is 24.0 Å². The number of pyridine rings is 1. The maximum atomic E-state index is 6.33. The van der Waals surface area contributed by atoms with Crippen LogP contribution in [0.1, 0.15) is 11.3 Å². The highest BCUT2D eigenvalue weighted by atomic mass is 35.5. The quantitative estimate of drug-likeness (QED) is 0.741. The molecule has 0 saturated carbocycles. The normalized spacial score (nSPS) is 10.2. The summed E-state index contributed by atoms with van der Waals surface area (Å²) in [7, 11) is 0. The number of aryl methyl sites for hydroxylation is 1. The number of para-hydroxylation sites is 1. The van der Waals surface area contributed by atoms with Gasteiger partial charge in [0.25, 0.3) is 0 Å². The Morgan fingerprint density at radius 2 is 1.94 bits per heavy atom. The lowest BCUT2D eigenvalue weighted by Crippen LogP contribution is -1.97. The van der Waals surface area contributed by atoms with Crippen LogP contribution in [0.3, 0.4) is 0 Å². The largest absolute Gasteiger partial charge is 0.253 e. The maximum Gasteiger partial charge on any atom is 0.0720 e. The fourth-order valence-corrected chi connectivity index (χ4v) is 2.29. The molecule has 0 fully saturated rings. The molecule has 0 atom stereocenters. The standard InChI is InChI=1S/C12H11Cl2N.ClH/c1-8-9(6-7-13)12(14)10-4-2-3-5-11(10)15-8;/h2-5H,6-7H2,1H3;1H. The van der Waals surface area contributed by atoms with Crippen molar-refractivity contribution >= 4 is 46.5 Å². The van der Waals surface area contributed by atoms with Gasteiger partial charge in [-0.25, -0.2) is 0 Å². The number of alkyl halides is 1. The highest BCUT2D eigenvalue weighted by Gasteiger charge is 2.09. The van der Waals surface area contributed by atoms with Crippen LogP contribution < -0.4 is 0 Å². The second kappa shape index (κ2) is 5.72. The van der Waals surface area contributed by atoms with Crippen molar-refractivity contribution in [3.8, 4) is 0 Å². The van der Waals surface area contributed by atoms with Crippen LogP contribution >= 0.6 is 35.6 Å². The number of rotatable bonds is 2. The number of fused-ring (bicyclic) bond motifs is 1. The van der Waals surface area contributed by atoms with Crippen LogP contribution in [-0.4, -0.2) is 10.9 Å². The first-order valence-corrected chi connectivity index (χ1v) is 5.75. The summed E-state index contributed by atoms with van der Waals surface area (Å²) in [5, 5.41) is 1.80. The van der Waals surface area contributed by atoms with Gasteiger partial charge in [-0.3, -0.25) is 4.98 Å². The molecule has 0 aliphatic rings. The zero-order chi connectivity index (χ0) is 10.8. The van der Waals surface area contributed by atoms with Crippen molar-refractivity contribution in [3.63, 3.8) is 0 Å².